The highest BCUT2D eigenvalue weighted by atomic mass is 79.9. The predicted octanol–water partition coefficient (Wildman–Crippen LogP) is 4.30. The molecule has 94 valence electrons. The van der Waals surface area contributed by atoms with E-state index in [1.807, 2.05) is 32.0 Å². The molecule has 0 unspecified atom stereocenters. The van der Waals surface area contributed by atoms with Crippen molar-refractivity contribution in [1.29, 1.82) is 0 Å². The molecule has 5 heteroatoms. The van der Waals surface area contributed by atoms with E-state index in [-0.39, 0.29) is 6.03 Å². The number of halogens is 1. The summed E-state index contributed by atoms with van der Waals surface area (Å²) in [7, 11) is 0. The smallest absolute Gasteiger partial charge is 0.326 e. The van der Waals surface area contributed by atoms with Crippen molar-refractivity contribution in [3.8, 4) is 0 Å². The third-order valence-corrected chi connectivity index (χ3v) is 2.87. The van der Waals surface area contributed by atoms with Crippen LogP contribution in [-0.2, 0) is 0 Å². The van der Waals surface area contributed by atoms with E-state index in [1.165, 1.54) is 0 Å². The lowest BCUT2D eigenvalue weighted by atomic mass is 10.1. The first-order chi connectivity index (χ1) is 8.54. The molecule has 1 aromatic heterocycles. The molecule has 0 aliphatic carbocycles. The number of carbonyl (C=O) groups is 1. The molecule has 1 heterocycles. The Balaban J connectivity index is 2.03. The summed E-state index contributed by atoms with van der Waals surface area (Å²) in [5.41, 5.74) is 2.96. The van der Waals surface area contributed by atoms with Crippen LogP contribution in [0.5, 0.6) is 0 Å². The van der Waals surface area contributed by atoms with Gasteiger partial charge < -0.3 is 9.73 Å². The largest absolute Gasteiger partial charge is 0.434 e. The van der Waals surface area contributed by atoms with Gasteiger partial charge in [-0.3, -0.25) is 5.32 Å². The van der Waals surface area contributed by atoms with Gasteiger partial charge in [-0.05, 0) is 47.5 Å². The minimum Gasteiger partial charge on any atom is -0.434 e. The fourth-order valence-electron chi connectivity index (χ4n) is 1.60. The number of carbonyl (C=O) groups excluding carboxylic acids is 1. The molecular formula is C13H13BrN2O2. The highest BCUT2D eigenvalue weighted by molar-refractivity contribution is 9.10. The van der Waals surface area contributed by atoms with Gasteiger partial charge in [0.05, 0.1) is 0 Å². The molecule has 2 aromatic rings. The number of anilines is 2. The van der Waals surface area contributed by atoms with E-state index in [0.29, 0.717) is 10.6 Å². The lowest BCUT2D eigenvalue weighted by molar-refractivity contribution is 0.261. The number of rotatable bonds is 2. The summed E-state index contributed by atoms with van der Waals surface area (Å²) >= 11 is 3.17. The van der Waals surface area contributed by atoms with Crippen molar-refractivity contribution in [3.63, 3.8) is 0 Å². The normalized spacial score (nSPS) is 10.2. The van der Waals surface area contributed by atoms with Gasteiger partial charge >= 0.3 is 6.03 Å². The van der Waals surface area contributed by atoms with Gasteiger partial charge in [-0.15, -0.1) is 0 Å². The standard InChI is InChI=1S/C13H13BrN2O2/c1-8-3-4-10(9(2)7-8)15-13(17)16-12-6-5-11(14)18-12/h3-7H,1-2H3,(H2,15,16,17). The number of urea groups is 1. The Morgan fingerprint density at radius 2 is 1.94 bits per heavy atom. The third-order valence-electron chi connectivity index (χ3n) is 2.44. The molecule has 0 aliphatic rings. The summed E-state index contributed by atoms with van der Waals surface area (Å²) in [4.78, 5) is 11.7. The van der Waals surface area contributed by atoms with Crippen molar-refractivity contribution in [2.75, 3.05) is 10.6 Å². The van der Waals surface area contributed by atoms with Crippen LogP contribution in [0.15, 0.2) is 39.4 Å². The zero-order valence-electron chi connectivity index (χ0n) is 10.1. The summed E-state index contributed by atoms with van der Waals surface area (Å²) in [6.45, 7) is 3.96. The average Bonchev–Trinajstić information content (AvgIpc) is 2.68. The summed E-state index contributed by atoms with van der Waals surface area (Å²) in [5, 5.41) is 5.38. The second kappa shape index (κ2) is 5.27. The Bertz CT molecular complexity index is 578. The molecule has 0 radical (unpaired) electrons. The first-order valence-electron chi connectivity index (χ1n) is 5.45. The maximum absolute atomic E-state index is 11.7. The highest BCUT2D eigenvalue weighted by Crippen LogP contribution is 2.19. The van der Waals surface area contributed by atoms with Crippen molar-refractivity contribution in [2.24, 2.45) is 0 Å². The molecule has 0 saturated carbocycles. The summed E-state index contributed by atoms with van der Waals surface area (Å²) < 4.78 is 5.76. The van der Waals surface area contributed by atoms with Gasteiger partial charge in [0.1, 0.15) is 0 Å². The van der Waals surface area contributed by atoms with Crippen molar-refractivity contribution in [1.82, 2.24) is 0 Å². The molecule has 2 N–H and O–H groups in total. The summed E-state index contributed by atoms with van der Waals surface area (Å²) in [6.07, 6.45) is 0. The molecule has 4 nitrogen and oxygen atoms in total. The minimum absolute atomic E-state index is 0.330. The Kier molecular flexibility index (Phi) is 3.72. The Morgan fingerprint density at radius 1 is 1.17 bits per heavy atom. The summed E-state index contributed by atoms with van der Waals surface area (Å²) in [6, 6.07) is 8.90. The number of nitrogens with one attached hydrogen (secondary N) is 2. The minimum atomic E-state index is -0.330. The van der Waals surface area contributed by atoms with Crippen LogP contribution in [0.25, 0.3) is 0 Å². The van der Waals surface area contributed by atoms with E-state index in [4.69, 9.17) is 4.42 Å². The molecular weight excluding hydrogens is 296 g/mol. The maximum atomic E-state index is 11.7. The first-order valence-corrected chi connectivity index (χ1v) is 6.24. The Labute approximate surface area is 114 Å². The van der Waals surface area contributed by atoms with E-state index in [0.717, 1.165) is 16.8 Å². The fraction of sp³-hybridized carbons (Fsp3) is 0.154. The second-order valence-corrected chi connectivity index (χ2v) is 4.78. The number of hydrogen-bond donors (Lipinski definition) is 2. The molecule has 0 saturated heterocycles. The monoisotopic (exact) mass is 308 g/mol. The number of furan rings is 1. The number of aryl methyl sites for hydroxylation is 2. The molecule has 2 rings (SSSR count). The molecule has 2 amide bonds. The molecule has 0 atom stereocenters. The van der Waals surface area contributed by atoms with Crippen LogP contribution >= 0.6 is 15.9 Å². The van der Waals surface area contributed by atoms with Crippen molar-refractivity contribution in [3.05, 3.63) is 46.1 Å². The lowest BCUT2D eigenvalue weighted by Crippen LogP contribution is -2.19. The molecule has 1 aromatic carbocycles. The van der Waals surface area contributed by atoms with Gasteiger partial charge in [-0.25, -0.2) is 4.79 Å². The van der Waals surface area contributed by atoms with Crippen molar-refractivity contribution < 1.29 is 9.21 Å². The van der Waals surface area contributed by atoms with Gasteiger partial charge in [0.25, 0.3) is 0 Å². The SMILES string of the molecule is Cc1ccc(NC(=O)Nc2ccc(Br)o2)c(C)c1. The van der Waals surface area contributed by atoms with Crippen molar-refractivity contribution in [2.45, 2.75) is 13.8 Å². The molecule has 0 aliphatic heterocycles. The first kappa shape index (κ1) is 12.7. The van der Waals surface area contributed by atoms with E-state index in [9.17, 15) is 4.79 Å². The second-order valence-electron chi connectivity index (χ2n) is 4.00. The van der Waals surface area contributed by atoms with Crippen LogP contribution in [-0.4, -0.2) is 6.03 Å². The van der Waals surface area contributed by atoms with Crippen LogP contribution in [0.1, 0.15) is 11.1 Å². The zero-order chi connectivity index (χ0) is 13.1. The van der Waals surface area contributed by atoms with Gasteiger partial charge in [-0.2, -0.15) is 0 Å². The van der Waals surface area contributed by atoms with E-state index < -0.39 is 0 Å². The molecule has 18 heavy (non-hydrogen) atoms. The highest BCUT2D eigenvalue weighted by Gasteiger charge is 2.07. The average molecular weight is 309 g/mol. The van der Waals surface area contributed by atoms with Gasteiger partial charge in [-0.1, -0.05) is 17.7 Å². The number of hydrogen-bond acceptors (Lipinski definition) is 2. The lowest BCUT2D eigenvalue weighted by Gasteiger charge is -2.09. The van der Waals surface area contributed by atoms with Crippen molar-refractivity contribution >= 4 is 33.5 Å². The van der Waals surface area contributed by atoms with Crippen LogP contribution in [0.2, 0.25) is 0 Å². The summed E-state index contributed by atoms with van der Waals surface area (Å²) in [5.74, 6) is 0.393. The Morgan fingerprint density at radius 3 is 2.56 bits per heavy atom. The van der Waals surface area contributed by atoms with E-state index in [2.05, 4.69) is 26.6 Å². The quantitative estimate of drug-likeness (QED) is 0.869. The Hall–Kier alpha value is -1.75. The number of amides is 2. The van der Waals surface area contributed by atoms with Crippen LogP contribution in [0.3, 0.4) is 0 Å². The zero-order valence-corrected chi connectivity index (χ0v) is 11.7. The van der Waals surface area contributed by atoms with E-state index >= 15 is 0 Å². The third kappa shape index (κ3) is 3.13. The predicted molar refractivity (Wildman–Crippen MR) is 75.0 cm³/mol. The van der Waals surface area contributed by atoms with Crippen LogP contribution in [0.4, 0.5) is 16.4 Å². The topological polar surface area (TPSA) is 54.3 Å². The van der Waals surface area contributed by atoms with E-state index in [1.54, 1.807) is 12.1 Å². The molecule has 0 fully saturated rings. The maximum Gasteiger partial charge on any atom is 0.326 e. The van der Waals surface area contributed by atoms with Gasteiger partial charge in [0.15, 0.2) is 4.67 Å². The molecule has 0 spiro atoms. The van der Waals surface area contributed by atoms with Gasteiger partial charge in [0.2, 0.25) is 5.88 Å². The van der Waals surface area contributed by atoms with Gasteiger partial charge in [0, 0.05) is 11.8 Å². The van der Waals surface area contributed by atoms with Crippen LogP contribution < -0.4 is 10.6 Å². The number of benzene rings is 1. The molecule has 0 bridgehead atoms. The fourth-order valence-corrected chi connectivity index (χ4v) is 1.91. The van der Waals surface area contributed by atoms with Crippen LogP contribution in [0, 0.1) is 13.8 Å².